The van der Waals surface area contributed by atoms with E-state index in [0.29, 0.717) is 5.92 Å². The molecule has 0 bridgehead atoms. The summed E-state index contributed by atoms with van der Waals surface area (Å²) in [6.45, 7) is 5.21. The van der Waals surface area contributed by atoms with E-state index in [9.17, 15) is 0 Å². The highest BCUT2D eigenvalue weighted by Crippen LogP contribution is 2.26. The molecular formula is C17H19N5. The van der Waals surface area contributed by atoms with E-state index in [4.69, 9.17) is 4.98 Å². The van der Waals surface area contributed by atoms with Gasteiger partial charge in [0.05, 0.1) is 5.69 Å². The average Bonchev–Trinajstić information content (AvgIpc) is 2.92. The Kier molecular flexibility index (Phi) is 3.06. The van der Waals surface area contributed by atoms with Crippen LogP contribution in [-0.2, 0) is 6.42 Å². The van der Waals surface area contributed by atoms with E-state index in [-0.39, 0.29) is 0 Å². The Morgan fingerprint density at radius 3 is 2.73 bits per heavy atom. The molecule has 0 saturated carbocycles. The third kappa shape index (κ3) is 2.13. The molecule has 3 aromatic rings. The maximum Gasteiger partial charge on any atom is 0.138 e. The van der Waals surface area contributed by atoms with E-state index in [0.717, 1.165) is 53.5 Å². The van der Waals surface area contributed by atoms with Gasteiger partial charge in [0.2, 0.25) is 0 Å². The Morgan fingerprint density at radius 2 is 1.95 bits per heavy atom. The van der Waals surface area contributed by atoms with Crippen molar-refractivity contribution in [1.29, 1.82) is 0 Å². The van der Waals surface area contributed by atoms with E-state index in [1.54, 1.807) is 0 Å². The van der Waals surface area contributed by atoms with Gasteiger partial charge in [-0.2, -0.15) is 0 Å². The lowest BCUT2D eigenvalue weighted by atomic mass is 10.1. The molecule has 0 radical (unpaired) electrons. The van der Waals surface area contributed by atoms with Crippen LogP contribution in [0.2, 0.25) is 0 Å². The number of nitrogens with one attached hydrogen (secondary N) is 1. The van der Waals surface area contributed by atoms with Crippen molar-refractivity contribution in [1.82, 2.24) is 19.4 Å². The van der Waals surface area contributed by atoms with Crippen molar-refractivity contribution in [3.8, 4) is 11.1 Å². The molecule has 1 aliphatic heterocycles. The summed E-state index contributed by atoms with van der Waals surface area (Å²) in [6, 6.07) is 4.15. The fraction of sp³-hybridized carbons (Fsp3) is 0.353. The van der Waals surface area contributed by atoms with Crippen LogP contribution in [0.5, 0.6) is 0 Å². The van der Waals surface area contributed by atoms with Gasteiger partial charge in [-0.15, -0.1) is 0 Å². The third-order valence-corrected chi connectivity index (χ3v) is 4.10. The van der Waals surface area contributed by atoms with Crippen molar-refractivity contribution in [2.24, 2.45) is 0 Å². The summed E-state index contributed by atoms with van der Waals surface area (Å²) in [7, 11) is 0. The van der Waals surface area contributed by atoms with E-state index in [1.807, 2.05) is 12.4 Å². The molecule has 0 unspecified atom stereocenters. The summed E-state index contributed by atoms with van der Waals surface area (Å²) in [6.07, 6.45) is 8.12. The zero-order valence-corrected chi connectivity index (χ0v) is 12.9. The van der Waals surface area contributed by atoms with Gasteiger partial charge in [-0.1, -0.05) is 13.8 Å². The Balaban J connectivity index is 1.78. The summed E-state index contributed by atoms with van der Waals surface area (Å²) < 4.78 is 2.14. The average molecular weight is 293 g/mol. The van der Waals surface area contributed by atoms with Gasteiger partial charge in [0.1, 0.15) is 17.3 Å². The lowest BCUT2D eigenvalue weighted by Gasteiger charge is -2.13. The van der Waals surface area contributed by atoms with Gasteiger partial charge in [-0.25, -0.2) is 15.0 Å². The maximum absolute atomic E-state index is 4.69. The van der Waals surface area contributed by atoms with Crippen molar-refractivity contribution >= 4 is 11.5 Å². The number of imidazole rings is 1. The van der Waals surface area contributed by atoms with Gasteiger partial charge in [0.25, 0.3) is 0 Å². The molecule has 1 N–H and O–H groups in total. The minimum atomic E-state index is 0.349. The van der Waals surface area contributed by atoms with E-state index < -0.39 is 0 Å². The molecule has 0 atom stereocenters. The summed E-state index contributed by atoms with van der Waals surface area (Å²) in [4.78, 5) is 13.6. The van der Waals surface area contributed by atoms with Crippen LogP contribution in [0.25, 0.3) is 16.8 Å². The third-order valence-electron chi connectivity index (χ3n) is 4.10. The first-order chi connectivity index (χ1) is 10.7. The van der Waals surface area contributed by atoms with Crippen LogP contribution < -0.4 is 5.32 Å². The van der Waals surface area contributed by atoms with Crippen molar-refractivity contribution in [3.05, 3.63) is 42.2 Å². The Bertz CT molecular complexity index is 817. The van der Waals surface area contributed by atoms with E-state index in [2.05, 4.69) is 51.9 Å². The first kappa shape index (κ1) is 13.2. The number of hydrogen-bond donors (Lipinski definition) is 1. The Labute approximate surface area is 129 Å². The fourth-order valence-electron chi connectivity index (χ4n) is 2.87. The fourth-order valence-corrected chi connectivity index (χ4v) is 2.87. The molecule has 0 fully saturated rings. The highest BCUT2D eigenvalue weighted by Gasteiger charge is 2.16. The molecule has 0 saturated heterocycles. The first-order valence-corrected chi connectivity index (χ1v) is 7.79. The molecule has 0 aromatic carbocycles. The second-order valence-electron chi connectivity index (χ2n) is 6.07. The predicted molar refractivity (Wildman–Crippen MR) is 87.1 cm³/mol. The SMILES string of the molecule is CC(C)c1ncc(-c2ccc3nc4c(n3c2)NCCC4)cn1. The molecule has 0 aliphatic carbocycles. The molecule has 22 heavy (non-hydrogen) atoms. The molecule has 4 heterocycles. The standard InChI is InChI=1S/C17H19N5/c1-11(2)16-19-8-13(9-20-16)12-5-6-15-21-14-4-3-7-18-17(14)22(15)10-12/h5-6,8-11,18H,3-4,7H2,1-2H3. The number of hydrogen-bond acceptors (Lipinski definition) is 4. The molecule has 4 rings (SSSR count). The highest BCUT2D eigenvalue weighted by atomic mass is 15.1. The molecule has 5 nitrogen and oxygen atoms in total. The second kappa shape index (κ2) is 5.09. The molecule has 112 valence electrons. The molecule has 1 aliphatic rings. The smallest absolute Gasteiger partial charge is 0.138 e. The van der Waals surface area contributed by atoms with Crippen LogP contribution in [0.15, 0.2) is 30.7 Å². The summed E-state index contributed by atoms with van der Waals surface area (Å²) in [5.41, 5.74) is 4.29. The number of aromatic nitrogens is 4. The molecule has 5 heteroatoms. The normalized spacial score (nSPS) is 14.1. The monoisotopic (exact) mass is 293 g/mol. The van der Waals surface area contributed by atoms with Crippen molar-refractivity contribution in [3.63, 3.8) is 0 Å². The predicted octanol–water partition coefficient (Wildman–Crippen LogP) is 3.27. The van der Waals surface area contributed by atoms with Gasteiger partial charge in [-0.05, 0) is 25.0 Å². The number of fused-ring (bicyclic) bond motifs is 3. The van der Waals surface area contributed by atoms with Crippen LogP contribution in [-0.4, -0.2) is 25.9 Å². The van der Waals surface area contributed by atoms with Crippen LogP contribution >= 0.6 is 0 Å². The maximum atomic E-state index is 4.69. The van der Waals surface area contributed by atoms with Gasteiger partial charge < -0.3 is 5.32 Å². The zero-order chi connectivity index (χ0) is 15.1. The number of aryl methyl sites for hydroxylation is 1. The van der Waals surface area contributed by atoms with Crippen molar-refractivity contribution < 1.29 is 0 Å². The lowest BCUT2D eigenvalue weighted by Crippen LogP contribution is -2.12. The quantitative estimate of drug-likeness (QED) is 0.788. The second-order valence-corrected chi connectivity index (χ2v) is 6.07. The van der Waals surface area contributed by atoms with Gasteiger partial charge >= 0.3 is 0 Å². The summed E-state index contributed by atoms with van der Waals surface area (Å²) >= 11 is 0. The van der Waals surface area contributed by atoms with Crippen LogP contribution in [0.1, 0.15) is 37.7 Å². The Morgan fingerprint density at radius 1 is 1.14 bits per heavy atom. The van der Waals surface area contributed by atoms with Crippen LogP contribution in [0, 0.1) is 0 Å². The van der Waals surface area contributed by atoms with Crippen molar-refractivity contribution in [2.75, 3.05) is 11.9 Å². The minimum absolute atomic E-state index is 0.349. The number of nitrogens with zero attached hydrogens (tertiary/aromatic N) is 4. The van der Waals surface area contributed by atoms with Crippen molar-refractivity contribution in [2.45, 2.75) is 32.6 Å². The molecular weight excluding hydrogens is 274 g/mol. The van der Waals surface area contributed by atoms with Crippen LogP contribution in [0.4, 0.5) is 5.82 Å². The van der Waals surface area contributed by atoms with Gasteiger partial charge in [0.15, 0.2) is 0 Å². The minimum Gasteiger partial charge on any atom is -0.370 e. The van der Waals surface area contributed by atoms with E-state index >= 15 is 0 Å². The topological polar surface area (TPSA) is 55.1 Å². The summed E-state index contributed by atoms with van der Waals surface area (Å²) in [5.74, 6) is 2.36. The summed E-state index contributed by atoms with van der Waals surface area (Å²) in [5, 5.41) is 3.46. The van der Waals surface area contributed by atoms with Gasteiger partial charge in [-0.3, -0.25) is 4.40 Å². The molecule has 0 spiro atoms. The van der Waals surface area contributed by atoms with E-state index in [1.165, 1.54) is 0 Å². The lowest BCUT2D eigenvalue weighted by molar-refractivity contribution is 0.774. The zero-order valence-electron chi connectivity index (χ0n) is 12.9. The number of rotatable bonds is 2. The highest BCUT2D eigenvalue weighted by molar-refractivity contribution is 5.66. The Hall–Kier alpha value is -2.43. The largest absolute Gasteiger partial charge is 0.370 e. The number of pyridine rings is 1. The number of anilines is 1. The molecule has 0 amide bonds. The molecule has 3 aromatic heterocycles. The van der Waals surface area contributed by atoms with Gasteiger partial charge in [0, 0.05) is 42.2 Å². The van der Waals surface area contributed by atoms with Crippen LogP contribution in [0.3, 0.4) is 0 Å². The first-order valence-electron chi connectivity index (χ1n) is 7.79.